The van der Waals surface area contributed by atoms with E-state index in [-0.39, 0.29) is 24.1 Å². The topological polar surface area (TPSA) is 46.5 Å². The van der Waals surface area contributed by atoms with Crippen LogP contribution < -0.4 is 0 Å². The van der Waals surface area contributed by atoms with Crippen LogP contribution in [0.5, 0.6) is 0 Å². The maximum Gasteiger partial charge on any atom is 0.313 e. The van der Waals surface area contributed by atoms with Gasteiger partial charge in [0.2, 0.25) is 0 Å². The summed E-state index contributed by atoms with van der Waals surface area (Å²) in [5.41, 5.74) is 0. The first-order chi connectivity index (χ1) is 11.2. The van der Waals surface area contributed by atoms with Crippen LogP contribution >= 0.6 is 0 Å². The lowest BCUT2D eigenvalue weighted by molar-refractivity contribution is -0.187. The molecule has 0 unspecified atom stereocenters. The molecule has 0 spiro atoms. The molecule has 0 aromatic rings. The van der Waals surface area contributed by atoms with E-state index in [1.165, 1.54) is 51.4 Å². The van der Waals surface area contributed by atoms with Gasteiger partial charge in [-0.25, -0.2) is 0 Å². The zero-order valence-electron chi connectivity index (χ0n) is 15.1. The number of allylic oxidation sites excluding steroid dienone is 2. The minimum Gasteiger partial charge on any atom is -0.461 e. The van der Waals surface area contributed by atoms with Crippen LogP contribution in [0.2, 0.25) is 0 Å². The maximum atomic E-state index is 11.4. The minimum atomic E-state index is -0.328. The number of carbonyl (C=O) groups excluding carboxylic acids is 1. The van der Waals surface area contributed by atoms with Gasteiger partial charge in [0, 0.05) is 6.42 Å². The highest BCUT2D eigenvalue weighted by Gasteiger charge is 2.41. The van der Waals surface area contributed by atoms with E-state index in [0.717, 1.165) is 19.3 Å². The predicted molar refractivity (Wildman–Crippen MR) is 95.3 cm³/mol. The fourth-order valence-corrected chi connectivity index (χ4v) is 3.22. The van der Waals surface area contributed by atoms with Crippen molar-refractivity contribution in [2.75, 3.05) is 0 Å². The van der Waals surface area contributed by atoms with E-state index < -0.39 is 0 Å². The first-order valence-corrected chi connectivity index (χ1v) is 9.68. The zero-order valence-corrected chi connectivity index (χ0v) is 15.1. The summed E-state index contributed by atoms with van der Waals surface area (Å²) in [5, 5.41) is 10.1. The summed E-state index contributed by atoms with van der Waals surface area (Å²) >= 11 is 0. The first-order valence-electron chi connectivity index (χ1n) is 9.68. The molecule has 3 nitrogen and oxygen atoms in total. The van der Waals surface area contributed by atoms with E-state index in [4.69, 9.17) is 4.74 Å². The summed E-state index contributed by atoms with van der Waals surface area (Å²) in [6.45, 7) is 4.20. The summed E-state index contributed by atoms with van der Waals surface area (Å²) in [4.78, 5) is 11.4. The van der Waals surface area contributed by atoms with E-state index in [9.17, 15) is 9.90 Å². The molecule has 134 valence electrons. The number of carbonyl (C=O) groups is 1. The van der Waals surface area contributed by atoms with Gasteiger partial charge in [0.25, 0.3) is 0 Å². The summed E-state index contributed by atoms with van der Waals surface area (Å²) in [7, 11) is 0. The van der Waals surface area contributed by atoms with Gasteiger partial charge in [-0.3, -0.25) is 4.79 Å². The lowest BCUT2D eigenvalue weighted by atomic mass is 9.88. The number of esters is 1. The molecule has 0 radical (unpaired) electrons. The fourth-order valence-electron chi connectivity index (χ4n) is 3.22. The third-order valence-corrected chi connectivity index (χ3v) is 4.79. The number of hydrogen-bond acceptors (Lipinski definition) is 3. The predicted octanol–water partition coefficient (Wildman–Crippen LogP) is 5.17. The smallest absolute Gasteiger partial charge is 0.313 e. The number of cyclic esters (lactones) is 1. The summed E-state index contributed by atoms with van der Waals surface area (Å²) in [6.07, 6.45) is 17.4. The van der Waals surface area contributed by atoms with Crippen LogP contribution in [-0.2, 0) is 9.53 Å². The highest BCUT2D eigenvalue weighted by molar-refractivity contribution is 5.78. The lowest BCUT2D eigenvalue weighted by Gasteiger charge is -2.35. The largest absolute Gasteiger partial charge is 0.461 e. The molecule has 1 aliphatic heterocycles. The van der Waals surface area contributed by atoms with Gasteiger partial charge < -0.3 is 9.84 Å². The zero-order chi connectivity index (χ0) is 16.9. The highest BCUT2D eigenvalue weighted by Crippen LogP contribution is 2.30. The van der Waals surface area contributed by atoms with Crippen LogP contribution in [0.15, 0.2) is 12.2 Å². The van der Waals surface area contributed by atoms with Crippen molar-refractivity contribution in [3.8, 4) is 0 Å². The maximum absolute atomic E-state index is 11.4. The third kappa shape index (κ3) is 8.55. The van der Waals surface area contributed by atoms with Gasteiger partial charge >= 0.3 is 5.97 Å². The SMILES string of the molecule is C/C=C/C[C@H]1C(=O)O[C@@H]1C[C@@H](O)CCCCCCCCCCC. The van der Waals surface area contributed by atoms with Crippen LogP contribution in [0.25, 0.3) is 0 Å². The molecule has 1 aliphatic rings. The van der Waals surface area contributed by atoms with Crippen molar-refractivity contribution in [2.24, 2.45) is 5.92 Å². The standard InChI is InChI=1S/C20H36O3/c1-3-5-7-8-9-10-11-12-13-14-17(21)16-19-18(15-6-4-2)20(22)23-19/h4,6,17-19,21H,3,5,7-16H2,1-2H3/b6-4+/t17-,18+,19+/m0/s1. The fraction of sp³-hybridized carbons (Fsp3) is 0.850. The van der Waals surface area contributed by atoms with E-state index in [0.29, 0.717) is 6.42 Å². The van der Waals surface area contributed by atoms with Crippen LogP contribution in [0.4, 0.5) is 0 Å². The van der Waals surface area contributed by atoms with E-state index in [1.807, 2.05) is 19.1 Å². The molecule has 1 rings (SSSR count). The molecule has 23 heavy (non-hydrogen) atoms. The van der Waals surface area contributed by atoms with E-state index in [1.54, 1.807) is 0 Å². The molecule has 3 heteroatoms. The number of unbranched alkanes of at least 4 members (excludes halogenated alkanes) is 8. The highest BCUT2D eigenvalue weighted by atomic mass is 16.6. The molecule has 0 bridgehead atoms. The number of hydrogen-bond donors (Lipinski definition) is 1. The number of ether oxygens (including phenoxy) is 1. The van der Waals surface area contributed by atoms with Gasteiger partial charge in [0.15, 0.2) is 0 Å². The minimum absolute atomic E-state index is 0.0380. The number of rotatable bonds is 14. The monoisotopic (exact) mass is 324 g/mol. The Balaban J connectivity index is 1.98. The molecule has 0 aromatic heterocycles. The second kappa shape index (κ2) is 12.6. The van der Waals surface area contributed by atoms with Crippen molar-refractivity contribution in [3.05, 3.63) is 12.2 Å². The van der Waals surface area contributed by atoms with Crippen LogP contribution in [-0.4, -0.2) is 23.3 Å². The Labute approximate surface area is 142 Å². The Bertz CT molecular complexity index is 338. The number of aliphatic hydroxyl groups excluding tert-OH is 1. The average Bonchev–Trinajstić information content (AvgIpc) is 2.53. The van der Waals surface area contributed by atoms with Crippen molar-refractivity contribution >= 4 is 5.97 Å². The molecule has 1 saturated heterocycles. The van der Waals surface area contributed by atoms with Crippen molar-refractivity contribution in [1.82, 2.24) is 0 Å². The van der Waals surface area contributed by atoms with Crippen molar-refractivity contribution in [3.63, 3.8) is 0 Å². The van der Waals surface area contributed by atoms with Gasteiger partial charge in [-0.2, -0.15) is 0 Å². The number of aliphatic hydroxyl groups is 1. The van der Waals surface area contributed by atoms with Gasteiger partial charge in [0.1, 0.15) is 6.10 Å². The van der Waals surface area contributed by atoms with Gasteiger partial charge in [-0.1, -0.05) is 76.9 Å². The molecule has 0 aromatic carbocycles. The van der Waals surface area contributed by atoms with Crippen LogP contribution in [0, 0.1) is 5.92 Å². The molecule has 0 aliphatic carbocycles. The Morgan fingerprint density at radius 2 is 1.70 bits per heavy atom. The van der Waals surface area contributed by atoms with Gasteiger partial charge in [-0.05, 0) is 19.8 Å². The van der Waals surface area contributed by atoms with Crippen molar-refractivity contribution < 1.29 is 14.6 Å². The molecule has 0 saturated carbocycles. The van der Waals surface area contributed by atoms with Crippen LogP contribution in [0.1, 0.15) is 90.9 Å². The molecular weight excluding hydrogens is 288 g/mol. The Morgan fingerprint density at radius 1 is 1.09 bits per heavy atom. The first kappa shape index (κ1) is 20.2. The normalized spacial score (nSPS) is 22.1. The molecule has 1 heterocycles. The Morgan fingerprint density at radius 3 is 2.26 bits per heavy atom. The van der Waals surface area contributed by atoms with E-state index >= 15 is 0 Å². The molecule has 1 N–H and O–H groups in total. The van der Waals surface area contributed by atoms with Gasteiger partial charge in [0.05, 0.1) is 12.0 Å². The molecule has 0 amide bonds. The lowest BCUT2D eigenvalue weighted by Crippen LogP contribution is -2.46. The molecule has 1 fully saturated rings. The Hall–Kier alpha value is -0.830. The summed E-state index contributed by atoms with van der Waals surface area (Å²) in [6, 6.07) is 0. The molecule has 3 atom stereocenters. The van der Waals surface area contributed by atoms with Gasteiger partial charge in [-0.15, -0.1) is 0 Å². The van der Waals surface area contributed by atoms with Crippen molar-refractivity contribution in [2.45, 2.75) is 103 Å². The third-order valence-electron chi connectivity index (χ3n) is 4.79. The van der Waals surface area contributed by atoms with Crippen LogP contribution in [0.3, 0.4) is 0 Å². The quantitative estimate of drug-likeness (QED) is 0.272. The summed E-state index contributed by atoms with van der Waals surface area (Å²) < 4.78 is 5.18. The summed E-state index contributed by atoms with van der Waals surface area (Å²) in [5.74, 6) is -0.146. The molecular formula is C20H36O3. The van der Waals surface area contributed by atoms with E-state index in [2.05, 4.69) is 6.92 Å². The average molecular weight is 325 g/mol. The van der Waals surface area contributed by atoms with Crippen molar-refractivity contribution in [1.29, 1.82) is 0 Å². The Kier molecular flexibility index (Phi) is 11.1. The second-order valence-corrected chi connectivity index (χ2v) is 6.89. The second-order valence-electron chi connectivity index (χ2n) is 6.89.